The van der Waals surface area contributed by atoms with Gasteiger partial charge in [-0.1, -0.05) is 17.7 Å². The molecule has 0 amide bonds. The summed E-state index contributed by atoms with van der Waals surface area (Å²) in [5.74, 6) is 0. The number of hydrogen-bond donors (Lipinski definition) is 1. The van der Waals surface area contributed by atoms with Gasteiger partial charge < -0.3 is 4.74 Å². The van der Waals surface area contributed by atoms with E-state index in [0.717, 1.165) is 11.8 Å². The number of anilines is 1. The summed E-state index contributed by atoms with van der Waals surface area (Å²) in [5, 5.41) is -0.173. The van der Waals surface area contributed by atoms with Crippen molar-refractivity contribution in [3.63, 3.8) is 0 Å². The molecule has 0 atom stereocenters. The summed E-state index contributed by atoms with van der Waals surface area (Å²) in [7, 11) is -3.72. The van der Waals surface area contributed by atoms with Gasteiger partial charge in [-0.05, 0) is 25.1 Å². The Balaban J connectivity index is 2.22. The van der Waals surface area contributed by atoms with Gasteiger partial charge >= 0.3 is 0 Å². The zero-order chi connectivity index (χ0) is 13.0. The SMILES string of the molecule is Cc1ccc(NS(=O)(=O)C2=COC=CC=N2)cc1. The lowest BCUT2D eigenvalue weighted by Crippen LogP contribution is -2.14. The number of hydrogen-bond acceptors (Lipinski definition) is 4. The van der Waals surface area contributed by atoms with Crippen LogP contribution >= 0.6 is 0 Å². The Morgan fingerprint density at radius 3 is 2.67 bits per heavy atom. The molecule has 6 heteroatoms. The standard InChI is InChI=1S/C12H12N2O3S/c1-10-3-5-11(6-4-10)14-18(15,16)12-9-17-8-2-7-13-12/h2-9,14H,1H3. The van der Waals surface area contributed by atoms with Crippen molar-refractivity contribution < 1.29 is 13.2 Å². The number of rotatable bonds is 3. The second kappa shape index (κ2) is 5.05. The fourth-order valence-corrected chi connectivity index (χ4v) is 2.22. The Hall–Kier alpha value is -2.08. The molecule has 18 heavy (non-hydrogen) atoms. The summed E-state index contributed by atoms with van der Waals surface area (Å²) in [4.78, 5) is 3.78. The normalized spacial score (nSPS) is 14.6. The van der Waals surface area contributed by atoms with E-state index in [9.17, 15) is 8.42 Å². The van der Waals surface area contributed by atoms with Crippen molar-refractivity contribution in [2.75, 3.05) is 4.72 Å². The first-order valence-electron chi connectivity index (χ1n) is 5.22. The molecule has 0 spiro atoms. The number of aryl methyl sites for hydroxylation is 1. The van der Waals surface area contributed by atoms with E-state index in [-0.39, 0.29) is 5.03 Å². The largest absolute Gasteiger partial charge is 0.469 e. The van der Waals surface area contributed by atoms with Crippen LogP contribution in [-0.4, -0.2) is 14.6 Å². The first-order chi connectivity index (χ1) is 8.58. The van der Waals surface area contributed by atoms with Gasteiger partial charge in [0.15, 0.2) is 0 Å². The van der Waals surface area contributed by atoms with Crippen LogP contribution in [0.2, 0.25) is 0 Å². The zero-order valence-electron chi connectivity index (χ0n) is 9.70. The number of allylic oxidation sites excluding steroid dienone is 1. The van der Waals surface area contributed by atoms with Gasteiger partial charge in [-0.15, -0.1) is 0 Å². The van der Waals surface area contributed by atoms with Crippen molar-refractivity contribution in [3.8, 4) is 0 Å². The first-order valence-corrected chi connectivity index (χ1v) is 6.70. The summed E-state index contributed by atoms with van der Waals surface area (Å²) >= 11 is 0. The van der Waals surface area contributed by atoms with Gasteiger partial charge in [0, 0.05) is 11.9 Å². The predicted molar refractivity (Wildman–Crippen MR) is 70.5 cm³/mol. The van der Waals surface area contributed by atoms with Gasteiger partial charge in [0.25, 0.3) is 10.0 Å². The zero-order valence-corrected chi connectivity index (χ0v) is 10.5. The Bertz CT molecular complexity index is 613. The minimum Gasteiger partial charge on any atom is -0.469 e. The smallest absolute Gasteiger partial charge is 0.282 e. The number of aliphatic imine (C=N–C) groups is 1. The van der Waals surface area contributed by atoms with Crippen LogP contribution in [-0.2, 0) is 14.8 Å². The molecule has 5 nitrogen and oxygen atoms in total. The molecule has 2 rings (SSSR count). The fraction of sp³-hybridized carbons (Fsp3) is 0.0833. The van der Waals surface area contributed by atoms with Crippen molar-refractivity contribution in [1.82, 2.24) is 0 Å². The van der Waals surface area contributed by atoms with Crippen LogP contribution in [0.3, 0.4) is 0 Å². The number of nitrogens with zero attached hydrogens (tertiary/aromatic N) is 1. The van der Waals surface area contributed by atoms with Crippen molar-refractivity contribution >= 4 is 21.9 Å². The first kappa shape index (κ1) is 12.4. The van der Waals surface area contributed by atoms with E-state index in [2.05, 4.69) is 9.71 Å². The van der Waals surface area contributed by atoms with Crippen LogP contribution in [0, 0.1) is 6.92 Å². The highest BCUT2D eigenvalue weighted by Gasteiger charge is 2.17. The molecule has 0 fully saturated rings. The van der Waals surface area contributed by atoms with Gasteiger partial charge in [0.2, 0.25) is 5.03 Å². The van der Waals surface area contributed by atoms with Crippen LogP contribution < -0.4 is 4.72 Å². The monoisotopic (exact) mass is 264 g/mol. The molecule has 1 heterocycles. The molecule has 0 saturated carbocycles. The molecule has 1 N–H and O–H groups in total. The maximum atomic E-state index is 12.0. The van der Waals surface area contributed by atoms with Crippen LogP contribution in [0.1, 0.15) is 5.56 Å². The number of sulfonamides is 1. The summed E-state index contributed by atoms with van der Waals surface area (Å²) < 4.78 is 31.3. The highest BCUT2D eigenvalue weighted by molar-refractivity contribution is 7.96. The Kier molecular flexibility index (Phi) is 3.47. The molecule has 0 aliphatic carbocycles. The van der Waals surface area contributed by atoms with Gasteiger partial charge in [-0.2, -0.15) is 8.42 Å². The quantitative estimate of drug-likeness (QED) is 0.909. The van der Waals surface area contributed by atoms with Crippen molar-refractivity contribution in [2.45, 2.75) is 6.92 Å². The van der Waals surface area contributed by atoms with Gasteiger partial charge in [0.05, 0.1) is 6.26 Å². The molecular weight excluding hydrogens is 252 g/mol. The lowest BCUT2D eigenvalue weighted by atomic mass is 10.2. The molecule has 1 aromatic rings. The third-order valence-corrected chi connectivity index (χ3v) is 3.45. The van der Waals surface area contributed by atoms with Crippen LogP contribution in [0.5, 0.6) is 0 Å². The Labute approximate surface area is 106 Å². The molecular formula is C12H12N2O3S. The van der Waals surface area contributed by atoms with Crippen molar-refractivity contribution in [1.29, 1.82) is 0 Å². The van der Waals surface area contributed by atoms with E-state index in [4.69, 9.17) is 4.74 Å². The number of benzene rings is 1. The highest BCUT2D eigenvalue weighted by atomic mass is 32.2. The second-order valence-electron chi connectivity index (χ2n) is 3.67. The molecule has 0 radical (unpaired) electrons. The minimum atomic E-state index is -3.72. The summed E-state index contributed by atoms with van der Waals surface area (Å²) in [6.45, 7) is 1.93. The van der Waals surface area contributed by atoms with Crippen molar-refractivity contribution in [2.24, 2.45) is 4.99 Å². The minimum absolute atomic E-state index is 0.173. The Morgan fingerprint density at radius 2 is 1.94 bits per heavy atom. The third kappa shape index (κ3) is 2.98. The van der Waals surface area contributed by atoms with Crippen LogP contribution in [0.25, 0.3) is 0 Å². The molecule has 1 aliphatic heterocycles. The number of nitrogens with one attached hydrogen (secondary N) is 1. The molecule has 1 aromatic carbocycles. The predicted octanol–water partition coefficient (Wildman–Crippen LogP) is 2.15. The maximum absolute atomic E-state index is 12.0. The number of ether oxygens (including phenoxy) is 1. The van der Waals surface area contributed by atoms with Crippen molar-refractivity contribution in [3.05, 3.63) is 53.5 Å². The average molecular weight is 264 g/mol. The molecule has 94 valence electrons. The van der Waals surface area contributed by atoms with E-state index in [0.29, 0.717) is 5.69 Å². The van der Waals surface area contributed by atoms with E-state index in [1.54, 1.807) is 12.1 Å². The topological polar surface area (TPSA) is 67.8 Å². The molecule has 0 bridgehead atoms. The third-order valence-electron chi connectivity index (χ3n) is 2.19. The maximum Gasteiger partial charge on any atom is 0.282 e. The fourth-order valence-electron chi connectivity index (χ4n) is 1.29. The van der Waals surface area contributed by atoms with Gasteiger partial charge in [0.1, 0.15) is 6.26 Å². The molecule has 0 unspecified atom stereocenters. The molecule has 0 aromatic heterocycles. The van der Waals surface area contributed by atoms with Gasteiger partial charge in [-0.25, -0.2) is 4.99 Å². The Morgan fingerprint density at radius 1 is 1.22 bits per heavy atom. The lowest BCUT2D eigenvalue weighted by Gasteiger charge is -2.07. The van der Waals surface area contributed by atoms with Crippen LogP contribution in [0.4, 0.5) is 5.69 Å². The van der Waals surface area contributed by atoms with E-state index in [1.807, 2.05) is 19.1 Å². The van der Waals surface area contributed by atoms with E-state index < -0.39 is 10.0 Å². The van der Waals surface area contributed by atoms with E-state index in [1.165, 1.54) is 18.6 Å². The second-order valence-corrected chi connectivity index (χ2v) is 5.30. The van der Waals surface area contributed by atoms with Crippen LogP contribution in [0.15, 0.2) is 52.9 Å². The summed E-state index contributed by atoms with van der Waals surface area (Å²) in [6, 6.07) is 7.02. The molecule has 1 aliphatic rings. The summed E-state index contributed by atoms with van der Waals surface area (Å²) in [5.41, 5.74) is 1.53. The lowest BCUT2D eigenvalue weighted by molar-refractivity contribution is 0.401. The summed E-state index contributed by atoms with van der Waals surface area (Å²) in [6.07, 6.45) is 5.28. The molecule has 0 saturated heterocycles. The van der Waals surface area contributed by atoms with Gasteiger partial charge in [-0.3, -0.25) is 4.72 Å². The highest BCUT2D eigenvalue weighted by Crippen LogP contribution is 2.16. The van der Waals surface area contributed by atoms with E-state index >= 15 is 0 Å². The average Bonchev–Trinajstić information content (AvgIpc) is 2.61.